The molecule has 0 aliphatic heterocycles. The summed E-state index contributed by atoms with van der Waals surface area (Å²) in [6.45, 7) is 8.25. The Bertz CT molecular complexity index is 424. The molecule has 0 spiro atoms. The molecular weight excluding hydrogens is 280 g/mol. The van der Waals surface area contributed by atoms with Crippen LogP contribution in [0.5, 0.6) is 0 Å². The summed E-state index contributed by atoms with van der Waals surface area (Å²) in [5, 5.41) is 2.96. The van der Waals surface area contributed by atoms with E-state index in [1.165, 1.54) is 0 Å². The largest absolute Gasteiger partial charge is 0.398 e. The van der Waals surface area contributed by atoms with Crippen LogP contribution in [0.25, 0.3) is 0 Å². The number of hydrogen-bond donors (Lipinski definition) is 2. The van der Waals surface area contributed by atoms with E-state index in [9.17, 15) is 4.79 Å². The van der Waals surface area contributed by atoms with Crippen LogP contribution in [0.1, 0.15) is 38.1 Å². The first-order valence-corrected chi connectivity index (χ1v) is 6.37. The summed E-state index contributed by atoms with van der Waals surface area (Å²) in [5.74, 6) is -0.127. The number of nitrogens with two attached hydrogens (primary N) is 1. The Balaban J connectivity index is 2.84. The summed E-state index contributed by atoms with van der Waals surface area (Å²) in [4.78, 5) is 12.0. The van der Waals surface area contributed by atoms with Crippen LogP contribution in [0.2, 0.25) is 0 Å². The number of carbonyl (C=O) groups is 1. The number of anilines is 1. The Morgan fingerprint density at radius 3 is 2.47 bits per heavy atom. The first-order valence-electron chi connectivity index (χ1n) is 5.57. The highest BCUT2D eigenvalue weighted by Crippen LogP contribution is 2.21. The topological polar surface area (TPSA) is 55.1 Å². The third-order valence-electron chi connectivity index (χ3n) is 2.90. The molecule has 0 aliphatic rings. The number of benzene rings is 1. The zero-order valence-electron chi connectivity index (χ0n) is 10.7. The fraction of sp³-hybridized carbons (Fsp3) is 0.462. The van der Waals surface area contributed by atoms with E-state index in [1.807, 2.05) is 13.0 Å². The maximum Gasteiger partial charge on any atom is 0.253 e. The van der Waals surface area contributed by atoms with Crippen LogP contribution >= 0.6 is 15.9 Å². The molecule has 1 amide bonds. The molecule has 0 bridgehead atoms. The van der Waals surface area contributed by atoms with Gasteiger partial charge in [-0.05, 0) is 30.5 Å². The molecule has 1 rings (SSSR count). The minimum Gasteiger partial charge on any atom is -0.398 e. The molecular formula is C13H19BrN2O. The number of nitrogen functional groups attached to an aromatic ring is 1. The van der Waals surface area contributed by atoms with Gasteiger partial charge in [0.05, 0.1) is 5.56 Å². The number of nitrogens with one attached hydrogen (secondary N) is 1. The Morgan fingerprint density at radius 2 is 2.00 bits per heavy atom. The smallest absolute Gasteiger partial charge is 0.253 e. The monoisotopic (exact) mass is 298 g/mol. The SMILES string of the molecule is CC(NC(=O)c1ccc(Br)cc1N)C(C)(C)C. The van der Waals surface area contributed by atoms with Crippen LogP contribution in [0, 0.1) is 5.41 Å². The maximum atomic E-state index is 12.0. The van der Waals surface area contributed by atoms with Crippen LogP contribution in [0.3, 0.4) is 0 Å². The summed E-state index contributed by atoms with van der Waals surface area (Å²) >= 11 is 3.32. The lowest BCUT2D eigenvalue weighted by molar-refractivity contribution is 0.0911. The second-order valence-electron chi connectivity index (χ2n) is 5.29. The van der Waals surface area contributed by atoms with Crippen molar-refractivity contribution >= 4 is 27.5 Å². The predicted molar refractivity (Wildman–Crippen MR) is 74.9 cm³/mol. The lowest BCUT2D eigenvalue weighted by Crippen LogP contribution is -2.41. The fourth-order valence-electron chi connectivity index (χ4n) is 1.23. The van der Waals surface area contributed by atoms with Crippen molar-refractivity contribution in [2.24, 2.45) is 5.41 Å². The van der Waals surface area contributed by atoms with Gasteiger partial charge in [-0.2, -0.15) is 0 Å². The molecule has 3 nitrogen and oxygen atoms in total. The highest BCUT2D eigenvalue weighted by molar-refractivity contribution is 9.10. The van der Waals surface area contributed by atoms with Gasteiger partial charge >= 0.3 is 0 Å². The standard InChI is InChI=1S/C13H19BrN2O/c1-8(13(2,3)4)16-12(17)10-6-5-9(14)7-11(10)15/h5-8H,15H2,1-4H3,(H,16,17). The highest BCUT2D eigenvalue weighted by atomic mass is 79.9. The molecule has 0 saturated heterocycles. The van der Waals surface area contributed by atoms with Crippen molar-refractivity contribution in [3.05, 3.63) is 28.2 Å². The van der Waals surface area contributed by atoms with Crippen molar-refractivity contribution < 1.29 is 4.79 Å². The molecule has 0 fully saturated rings. The second kappa shape index (κ2) is 5.08. The minimum atomic E-state index is -0.127. The van der Waals surface area contributed by atoms with Gasteiger partial charge in [-0.3, -0.25) is 4.79 Å². The molecule has 1 aromatic rings. The van der Waals surface area contributed by atoms with E-state index in [0.717, 1.165) is 4.47 Å². The van der Waals surface area contributed by atoms with Crippen molar-refractivity contribution in [3.8, 4) is 0 Å². The van der Waals surface area contributed by atoms with Crippen molar-refractivity contribution in [2.45, 2.75) is 33.7 Å². The molecule has 94 valence electrons. The molecule has 3 N–H and O–H groups in total. The summed E-state index contributed by atoms with van der Waals surface area (Å²) < 4.78 is 0.871. The molecule has 0 saturated carbocycles. The molecule has 0 radical (unpaired) electrons. The normalized spacial score (nSPS) is 13.2. The first-order chi connectivity index (χ1) is 7.71. The third-order valence-corrected chi connectivity index (χ3v) is 3.40. The van der Waals surface area contributed by atoms with Gasteiger partial charge in [-0.1, -0.05) is 36.7 Å². The van der Waals surface area contributed by atoms with Crippen LogP contribution < -0.4 is 11.1 Å². The summed E-state index contributed by atoms with van der Waals surface area (Å²) in [6.07, 6.45) is 0. The van der Waals surface area contributed by atoms with Crippen molar-refractivity contribution in [1.82, 2.24) is 5.32 Å². The van der Waals surface area contributed by atoms with Gasteiger partial charge in [-0.25, -0.2) is 0 Å². The number of halogens is 1. The molecule has 1 atom stereocenters. The predicted octanol–water partition coefficient (Wildman–Crippen LogP) is 3.20. The van der Waals surface area contributed by atoms with E-state index in [2.05, 4.69) is 42.0 Å². The maximum absolute atomic E-state index is 12.0. The number of hydrogen-bond acceptors (Lipinski definition) is 2. The molecule has 1 unspecified atom stereocenters. The van der Waals surface area contributed by atoms with E-state index in [4.69, 9.17) is 5.73 Å². The van der Waals surface area contributed by atoms with Crippen LogP contribution in [-0.2, 0) is 0 Å². The van der Waals surface area contributed by atoms with E-state index < -0.39 is 0 Å². The Labute approximate surface area is 111 Å². The highest BCUT2D eigenvalue weighted by Gasteiger charge is 2.22. The quantitative estimate of drug-likeness (QED) is 0.824. The van der Waals surface area contributed by atoms with Crippen LogP contribution in [0.4, 0.5) is 5.69 Å². The second-order valence-corrected chi connectivity index (χ2v) is 6.21. The van der Waals surface area contributed by atoms with Gasteiger partial charge in [-0.15, -0.1) is 0 Å². The molecule has 0 heterocycles. The van der Waals surface area contributed by atoms with Crippen LogP contribution in [0.15, 0.2) is 22.7 Å². The zero-order chi connectivity index (χ0) is 13.2. The van der Waals surface area contributed by atoms with E-state index in [0.29, 0.717) is 11.3 Å². The first kappa shape index (κ1) is 14.0. The zero-order valence-corrected chi connectivity index (χ0v) is 12.3. The van der Waals surface area contributed by atoms with Gasteiger partial charge in [0.2, 0.25) is 0 Å². The lowest BCUT2D eigenvalue weighted by atomic mass is 9.88. The third kappa shape index (κ3) is 3.73. The molecule has 0 aromatic heterocycles. The molecule has 0 aliphatic carbocycles. The Morgan fingerprint density at radius 1 is 1.41 bits per heavy atom. The summed E-state index contributed by atoms with van der Waals surface area (Å²) in [7, 11) is 0. The van der Waals surface area contributed by atoms with E-state index in [-0.39, 0.29) is 17.4 Å². The minimum absolute atomic E-state index is 0.0276. The van der Waals surface area contributed by atoms with Crippen molar-refractivity contribution in [2.75, 3.05) is 5.73 Å². The van der Waals surface area contributed by atoms with Crippen LogP contribution in [-0.4, -0.2) is 11.9 Å². The average molecular weight is 299 g/mol. The summed E-state index contributed by atoms with van der Waals surface area (Å²) in [6, 6.07) is 5.35. The molecule has 4 heteroatoms. The van der Waals surface area contributed by atoms with E-state index >= 15 is 0 Å². The fourth-order valence-corrected chi connectivity index (χ4v) is 1.61. The van der Waals surface area contributed by atoms with Gasteiger partial charge in [0, 0.05) is 16.2 Å². The van der Waals surface area contributed by atoms with Crippen molar-refractivity contribution in [1.29, 1.82) is 0 Å². The van der Waals surface area contributed by atoms with E-state index in [1.54, 1.807) is 12.1 Å². The number of amides is 1. The van der Waals surface area contributed by atoms with Gasteiger partial charge in [0.25, 0.3) is 5.91 Å². The Kier molecular flexibility index (Phi) is 4.20. The Hall–Kier alpha value is -1.03. The van der Waals surface area contributed by atoms with Crippen molar-refractivity contribution in [3.63, 3.8) is 0 Å². The van der Waals surface area contributed by atoms with Gasteiger partial charge < -0.3 is 11.1 Å². The summed E-state index contributed by atoms with van der Waals surface area (Å²) in [5.41, 5.74) is 6.85. The molecule has 17 heavy (non-hydrogen) atoms. The molecule has 1 aromatic carbocycles. The van der Waals surface area contributed by atoms with Gasteiger partial charge in [0.15, 0.2) is 0 Å². The average Bonchev–Trinajstić information content (AvgIpc) is 2.15. The number of rotatable bonds is 2. The number of carbonyl (C=O) groups excluding carboxylic acids is 1. The lowest BCUT2D eigenvalue weighted by Gasteiger charge is -2.28. The van der Waals surface area contributed by atoms with Gasteiger partial charge in [0.1, 0.15) is 0 Å².